The lowest BCUT2D eigenvalue weighted by Gasteiger charge is -2.44. The van der Waals surface area contributed by atoms with Crippen molar-refractivity contribution in [3.05, 3.63) is 0 Å². The van der Waals surface area contributed by atoms with Crippen LogP contribution in [-0.4, -0.2) is 47.2 Å². The Bertz CT molecular complexity index is 451. The van der Waals surface area contributed by atoms with Crippen LogP contribution in [0.25, 0.3) is 0 Å². The fraction of sp³-hybridized carbons (Fsp3) is 0.733. The second kappa shape index (κ2) is 5.84. The van der Waals surface area contributed by atoms with Crippen LogP contribution in [0.4, 0.5) is 4.79 Å². The van der Waals surface area contributed by atoms with Crippen molar-refractivity contribution in [1.29, 1.82) is 0 Å². The quantitative estimate of drug-likeness (QED) is 0.545. The van der Waals surface area contributed by atoms with Gasteiger partial charge in [-0.25, -0.2) is 4.79 Å². The fourth-order valence-corrected chi connectivity index (χ4v) is 1.85. The third-order valence-corrected chi connectivity index (χ3v) is 2.87. The van der Waals surface area contributed by atoms with Crippen molar-refractivity contribution < 1.29 is 19.1 Å². The summed E-state index contributed by atoms with van der Waals surface area (Å²) in [5, 5.41) is 0. The summed E-state index contributed by atoms with van der Waals surface area (Å²) in [6.45, 7) is 11.2. The van der Waals surface area contributed by atoms with E-state index in [-0.39, 0.29) is 18.9 Å². The number of amides is 1. The Kier molecular flexibility index (Phi) is 4.82. The van der Waals surface area contributed by atoms with E-state index in [0.29, 0.717) is 0 Å². The number of morpholine rings is 1. The average Bonchev–Trinajstić information content (AvgIpc) is 2.26. The first-order valence-electron chi connectivity index (χ1n) is 6.65. The van der Waals surface area contributed by atoms with Gasteiger partial charge in [0.2, 0.25) is 5.78 Å². The monoisotopic (exact) mass is 281 g/mol. The van der Waals surface area contributed by atoms with Gasteiger partial charge in [0.05, 0.1) is 18.7 Å². The lowest BCUT2D eigenvalue weighted by atomic mass is 10.0. The van der Waals surface area contributed by atoms with Crippen molar-refractivity contribution in [2.45, 2.75) is 58.8 Å². The Balaban J connectivity index is 2.86. The van der Waals surface area contributed by atoms with Crippen molar-refractivity contribution in [3.63, 3.8) is 0 Å². The number of ether oxygens (including phenoxy) is 2. The predicted octanol–water partition coefficient (Wildman–Crippen LogP) is 1.99. The fourth-order valence-electron chi connectivity index (χ4n) is 1.85. The molecule has 1 rings (SSSR count). The van der Waals surface area contributed by atoms with Gasteiger partial charge in [-0.05, 0) is 47.5 Å². The molecule has 1 amide bonds. The molecule has 0 radical (unpaired) electrons. The second-order valence-corrected chi connectivity index (χ2v) is 6.44. The zero-order chi connectivity index (χ0) is 15.6. The Labute approximate surface area is 120 Å². The van der Waals surface area contributed by atoms with Crippen LogP contribution in [0, 0.1) is 11.8 Å². The van der Waals surface area contributed by atoms with Gasteiger partial charge in [-0.2, -0.15) is 0 Å². The normalized spacial score (nSPS) is 21.7. The van der Waals surface area contributed by atoms with Gasteiger partial charge in [0.15, 0.2) is 0 Å². The van der Waals surface area contributed by atoms with Crippen molar-refractivity contribution in [1.82, 2.24) is 4.90 Å². The minimum absolute atomic E-state index is 0.162. The van der Waals surface area contributed by atoms with E-state index in [2.05, 4.69) is 11.8 Å². The lowest BCUT2D eigenvalue weighted by Crippen LogP contribution is -2.60. The van der Waals surface area contributed by atoms with Crippen LogP contribution < -0.4 is 0 Å². The number of carbonyl (C=O) groups excluding carboxylic acids is 2. The zero-order valence-electron chi connectivity index (χ0n) is 13.1. The number of carbonyl (C=O) groups is 2. The van der Waals surface area contributed by atoms with Crippen molar-refractivity contribution in [2.75, 3.05) is 13.2 Å². The number of hydrogen-bond acceptors (Lipinski definition) is 4. The van der Waals surface area contributed by atoms with E-state index in [1.807, 2.05) is 34.6 Å². The van der Waals surface area contributed by atoms with Crippen LogP contribution in [0.3, 0.4) is 0 Å². The average molecular weight is 281 g/mol. The van der Waals surface area contributed by atoms with E-state index in [1.165, 1.54) is 0 Å². The van der Waals surface area contributed by atoms with Crippen LogP contribution in [-0.2, 0) is 14.3 Å². The van der Waals surface area contributed by atoms with E-state index in [4.69, 9.17) is 9.47 Å². The maximum atomic E-state index is 12.3. The SMILES string of the molecule is CC#CC(=O)[C@H]1CN(C(=O)OC(C)(C)C)C(C)(C)CO1. The highest BCUT2D eigenvalue weighted by Crippen LogP contribution is 2.25. The first-order valence-corrected chi connectivity index (χ1v) is 6.65. The summed E-state index contributed by atoms with van der Waals surface area (Å²) in [5.74, 6) is 4.70. The maximum absolute atomic E-state index is 12.3. The zero-order valence-corrected chi connectivity index (χ0v) is 13.1. The Morgan fingerprint density at radius 2 is 1.95 bits per heavy atom. The molecule has 5 heteroatoms. The van der Waals surface area contributed by atoms with Crippen LogP contribution >= 0.6 is 0 Å². The molecule has 5 nitrogen and oxygen atoms in total. The molecule has 0 aromatic carbocycles. The van der Waals surface area contributed by atoms with E-state index in [1.54, 1.807) is 11.8 Å². The summed E-state index contributed by atoms with van der Waals surface area (Å²) in [7, 11) is 0. The van der Waals surface area contributed by atoms with Gasteiger partial charge < -0.3 is 9.47 Å². The summed E-state index contributed by atoms with van der Waals surface area (Å²) in [5.41, 5.74) is -1.09. The number of Topliss-reactive ketones (excluding diaryl/α,β-unsaturated/α-hetero) is 1. The molecule has 1 fully saturated rings. The largest absolute Gasteiger partial charge is 0.444 e. The molecule has 0 saturated carbocycles. The summed E-state index contributed by atoms with van der Waals surface area (Å²) in [6, 6.07) is 0. The van der Waals surface area contributed by atoms with E-state index >= 15 is 0 Å². The molecular weight excluding hydrogens is 258 g/mol. The molecule has 0 aliphatic carbocycles. The third-order valence-electron chi connectivity index (χ3n) is 2.87. The van der Waals surface area contributed by atoms with Crippen molar-refractivity contribution >= 4 is 11.9 Å². The minimum atomic E-state index is -0.706. The summed E-state index contributed by atoms with van der Waals surface area (Å²) < 4.78 is 10.9. The molecule has 20 heavy (non-hydrogen) atoms. The van der Waals surface area contributed by atoms with Gasteiger partial charge in [0.1, 0.15) is 11.7 Å². The van der Waals surface area contributed by atoms with Gasteiger partial charge in [-0.1, -0.05) is 5.92 Å². The molecule has 0 unspecified atom stereocenters. The Morgan fingerprint density at radius 1 is 1.35 bits per heavy atom. The number of nitrogens with zero attached hydrogens (tertiary/aromatic N) is 1. The van der Waals surface area contributed by atoms with E-state index < -0.39 is 23.3 Å². The lowest BCUT2D eigenvalue weighted by molar-refractivity contribution is -0.139. The molecular formula is C15H23NO4. The number of ketones is 1. The summed E-state index contributed by atoms with van der Waals surface area (Å²) in [4.78, 5) is 25.6. The molecule has 1 saturated heterocycles. The van der Waals surface area contributed by atoms with E-state index in [0.717, 1.165) is 0 Å². The molecule has 1 heterocycles. The topological polar surface area (TPSA) is 55.8 Å². The van der Waals surface area contributed by atoms with Crippen LogP contribution in [0.1, 0.15) is 41.5 Å². The molecule has 0 aromatic rings. The number of hydrogen-bond donors (Lipinski definition) is 0. The van der Waals surface area contributed by atoms with Crippen molar-refractivity contribution in [2.24, 2.45) is 0 Å². The van der Waals surface area contributed by atoms with Gasteiger partial charge >= 0.3 is 6.09 Å². The van der Waals surface area contributed by atoms with Gasteiger partial charge in [-0.15, -0.1) is 0 Å². The van der Waals surface area contributed by atoms with Gasteiger partial charge in [0.25, 0.3) is 0 Å². The molecule has 1 aliphatic rings. The first-order chi connectivity index (χ1) is 9.07. The molecule has 112 valence electrons. The highest BCUT2D eigenvalue weighted by atomic mass is 16.6. The van der Waals surface area contributed by atoms with Crippen LogP contribution in [0.2, 0.25) is 0 Å². The molecule has 1 aliphatic heterocycles. The van der Waals surface area contributed by atoms with Gasteiger partial charge in [-0.3, -0.25) is 9.69 Å². The summed E-state index contributed by atoms with van der Waals surface area (Å²) in [6.07, 6.45) is -1.14. The molecule has 0 N–H and O–H groups in total. The maximum Gasteiger partial charge on any atom is 0.410 e. The molecule has 0 bridgehead atoms. The molecule has 1 atom stereocenters. The van der Waals surface area contributed by atoms with Crippen LogP contribution in [0.15, 0.2) is 0 Å². The Hall–Kier alpha value is -1.54. The predicted molar refractivity (Wildman–Crippen MR) is 75.2 cm³/mol. The number of rotatable bonds is 1. The third kappa shape index (κ3) is 4.24. The second-order valence-electron chi connectivity index (χ2n) is 6.44. The minimum Gasteiger partial charge on any atom is -0.444 e. The van der Waals surface area contributed by atoms with Gasteiger partial charge in [0, 0.05) is 0 Å². The van der Waals surface area contributed by atoms with E-state index in [9.17, 15) is 9.59 Å². The first kappa shape index (κ1) is 16.5. The standard InChI is InChI=1S/C15H23NO4/c1-7-8-11(17)12-9-16(15(5,6)10-19-12)13(18)20-14(2,3)4/h12H,9-10H2,1-6H3/t12-/m1/s1. The van der Waals surface area contributed by atoms with Crippen molar-refractivity contribution in [3.8, 4) is 11.8 Å². The smallest absolute Gasteiger partial charge is 0.410 e. The molecule has 0 aromatic heterocycles. The highest BCUT2D eigenvalue weighted by molar-refractivity contribution is 5.99. The summed E-state index contributed by atoms with van der Waals surface area (Å²) >= 11 is 0. The highest BCUT2D eigenvalue weighted by Gasteiger charge is 2.41. The Morgan fingerprint density at radius 3 is 2.45 bits per heavy atom. The van der Waals surface area contributed by atoms with Crippen LogP contribution in [0.5, 0.6) is 0 Å². The molecule has 0 spiro atoms.